The maximum absolute atomic E-state index is 16.1. The number of hydrogen-bond donors (Lipinski definition) is 2. The summed E-state index contributed by atoms with van der Waals surface area (Å²) in [6, 6.07) is 16.3. The first-order chi connectivity index (χ1) is 29.4. The number of carbonyl (C=O) groups is 3. The Morgan fingerprint density at radius 1 is 0.803 bits per heavy atom. The Hall–Kier alpha value is -5.63. The molecule has 10 rings (SSSR count). The highest BCUT2D eigenvalue weighted by molar-refractivity contribution is 6.05. The van der Waals surface area contributed by atoms with Crippen molar-refractivity contribution in [2.75, 3.05) is 62.2 Å². The minimum absolute atomic E-state index is 0.0459. The summed E-state index contributed by atoms with van der Waals surface area (Å²) in [6.07, 6.45) is 4.34. The van der Waals surface area contributed by atoms with E-state index in [1.165, 1.54) is 36.4 Å². The molecule has 4 aromatic rings. The van der Waals surface area contributed by atoms with Gasteiger partial charge in [0.2, 0.25) is 11.8 Å². The van der Waals surface area contributed by atoms with Gasteiger partial charge in [0.15, 0.2) is 11.6 Å². The van der Waals surface area contributed by atoms with E-state index in [1.54, 1.807) is 15.9 Å². The van der Waals surface area contributed by atoms with Crippen LogP contribution in [0.4, 0.5) is 28.9 Å². The molecule has 0 radical (unpaired) electrons. The van der Waals surface area contributed by atoms with Crippen molar-refractivity contribution in [1.29, 1.82) is 0 Å². The van der Waals surface area contributed by atoms with Crippen LogP contribution in [-0.4, -0.2) is 91.1 Å². The van der Waals surface area contributed by atoms with Gasteiger partial charge in [-0.1, -0.05) is 18.2 Å². The lowest BCUT2D eigenvalue weighted by Crippen LogP contribution is -2.60. The number of nitrogens with one attached hydrogen (secondary N) is 1. The quantitative estimate of drug-likeness (QED) is 0.154. The average Bonchev–Trinajstić information content (AvgIpc) is 3.56. The van der Waals surface area contributed by atoms with Gasteiger partial charge in [-0.05, 0) is 110 Å². The summed E-state index contributed by atoms with van der Waals surface area (Å²) in [5, 5.41) is 12.5. The van der Waals surface area contributed by atoms with Crippen molar-refractivity contribution in [3.8, 4) is 11.5 Å². The summed E-state index contributed by atoms with van der Waals surface area (Å²) < 4.78 is 67.6. The molecule has 10 nitrogen and oxygen atoms in total. The maximum atomic E-state index is 16.1. The van der Waals surface area contributed by atoms with E-state index in [1.807, 2.05) is 12.1 Å². The van der Waals surface area contributed by atoms with Crippen LogP contribution < -0.4 is 19.9 Å². The molecule has 4 aromatic carbocycles. The van der Waals surface area contributed by atoms with E-state index < -0.39 is 47.1 Å². The van der Waals surface area contributed by atoms with E-state index in [4.69, 9.17) is 4.74 Å². The molecule has 318 valence electrons. The summed E-state index contributed by atoms with van der Waals surface area (Å²) in [7, 11) is 0. The highest BCUT2D eigenvalue weighted by Crippen LogP contribution is 2.49. The van der Waals surface area contributed by atoms with E-state index in [9.17, 15) is 23.9 Å². The molecule has 1 unspecified atom stereocenters. The molecule has 0 bridgehead atoms. The molecular formula is C47H47F4N5O5. The topological polar surface area (TPSA) is 106 Å². The Morgan fingerprint density at radius 2 is 1.56 bits per heavy atom. The summed E-state index contributed by atoms with van der Waals surface area (Å²) in [4.78, 5) is 45.5. The third-order valence-corrected chi connectivity index (χ3v) is 14.2. The molecule has 6 heterocycles. The van der Waals surface area contributed by atoms with Gasteiger partial charge in [-0.3, -0.25) is 19.7 Å². The van der Waals surface area contributed by atoms with Gasteiger partial charge in [0.05, 0.1) is 6.61 Å². The molecule has 3 amide bonds. The smallest absolute Gasteiger partial charge is 0.255 e. The second kappa shape index (κ2) is 15.4. The number of imide groups is 1. The number of hydrogen-bond acceptors (Lipinski definition) is 8. The molecule has 2 N–H and O–H groups in total. The molecule has 0 aromatic heterocycles. The van der Waals surface area contributed by atoms with Gasteiger partial charge in [0, 0.05) is 85.8 Å². The fraction of sp³-hybridized carbons (Fsp3) is 0.426. The van der Waals surface area contributed by atoms with Crippen molar-refractivity contribution in [2.24, 2.45) is 11.3 Å². The lowest BCUT2D eigenvalue weighted by atomic mass is 9.71. The number of piperidine rings is 3. The van der Waals surface area contributed by atoms with Crippen LogP contribution in [0.5, 0.6) is 11.5 Å². The number of nitrogens with zero attached hydrogens (tertiary/aromatic N) is 4. The van der Waals surface area contributed by atoms with Gasteiger partial charge in [-0.2, -0.15) is 0 Å². The molecule has 6 aliphatic heterocycles. The first kappa shape index (κ1) is 39.5. The van der Waals surface area contributed by atoms with E-state index in [-0.39, 0.29) is 52.8 Å². The number of benzene rings is 4. The molecule has 4 fully saturated rings. The zero-order valence-corrected chi connectivity index (χ0v) is 33.6. The standard InChI is InChI=1S/C47H47F4N5O5/c48-36-3-1-2-33(43(36)51)35-24-61-40-21-31(57)5-7-34(40)42(35)28-19-37(49)44(38(50)20-28)54-14-10-27(11-15-54)22-53-16-12-47(13-17-53)25-55(26-47)30-4-6-32-29(18-30)23-56(46(32)60)39-8-9-41(58)52-45(39)59/h1-7,18-21,27,35,39,42,57H,8-17,22-26H2,(H,52,58,59)/t35-,39?,42-/m0/s1. The summed E-state index contributed by atoms with van der Waals surface area (Å²) in [5.41, 5.74) is 3.61. The molecule has 1 spiro atoms. The van der Waals surface area contributed by atoms with Crippen LogP contribution in [0, 0.1) is 34.6 Å². The predicted octanol–water partition coefficient (Wildman–Crippen LogP) is 6.84. The SMILES string of the molecule is O=C1CCC(N2Cc3cc(N4CC5(CCN(CC6CCN(c7c(F)cc([C@H]8c9ccc(O)cc9OC[C@H]8c8cccc(F)c8F)cc7F)CC6)CC5)C4)ccc3C2=O)C(=O)N1. The van der Waals surface area contributed by atoms with Crippen molar-refractivity contribution in [3.63, 3.8) is 0 Å². The van der Waals surface area contributed by atoms with Crippen LogP contribution in [0.1, 0.15) is 83.0 Å². The van der Waals surface area contributed by atoms with E-state index in [0.29, 0.717) is 48.8 Å². The Bertz CT molecular complexity index is 2400. The largest absolute Gasteiger partial charge is 0.508 e. The van der Waals surface area contributed by atoms with Gasteiger partial charge in [-0.25, -0.2) is 17.6 Å². The fourth-order valence-electron chi connectivity index (χ4n) is 10.9. The van der Waals surface area contributed by atoms with E-state index >= 15 is 13.2 Å². The third kappa shape index (κ3) is 7.15. The Labute approximate surface area is 351 Å². The number of rotatable bonds is 7. The Kier molecular flexibility index (Phi) is 9.96. The number of fused-ring (bicyclic) bond motifs is 2. The second-order valence-corrected chi connectivity index (χ2v) is 17.9. The molecule has 6 aliphatic rings. The van der Waals surface area contributed by atoms with Gasteiger partial charge >= 0.3 is 0 Å². The predicted molar refractivity (Wildman–Crippen MR) is 219 cm³/mol. The van der Waals surface area contributed by atoms with E-state index in [0.717, 1.165) is 75.7 Å². The monoisotopic (exact) mass is 837 g/mol. The summed E-state index contributed by atoms with van der Waals surface area (Å²) in [5.74, 6) is -5.21. The van der Waals surface area contributed by atoms with Crippen molar-refractivity contribution < 1.29 is 41.8 Å². The number of likely N-dealkylation sites (tertiary alicyclic amines) is 1. The maximum Gasteiger partial charge on any atom is 0.255 e. The number of aromatic hydroxyl groups is 1. The van der Waals surface area contributed by atoms with Crippen LogP contribution in [0.25, 0.3) is 0 Å². The number of ether oxygens (including phenoxy) is 1. The van der Waals surface area contributed by atoms with Crippen LogP contribution in [0.2, 0.25) is 0 Å². The van der Waals surface area contributed by atoms with Crippen molar-refractivity contribution in [1.82, 2.24) is 15.1 Å². The Morgan fingerprint density at radius 3 is 2.30 bits per heavy atom. The molecule has 61 heavy (non-hydrogen) atoms. The number of anilines is 2. The molecule has 14 heteroatoms. The van der Waals surface area contributed by atoms with Gasteiger partial charge in [-0.15, -0.1) is 0 Å². The van der Waals surface area contributed by atoms with Crippen molar-refractivity contribution in [3.05, 3.63) is 118 Å². The molecule has 4 saturated heterocycles. The van der Waals surface area contributed by atoms with Gasteiger partial charge in [0.25, 0.3) is 5.91 Å². The highest BCUT2D eigenvalue weighted by Gasteiger charge is 2.46. The first-order valence-corrected chi connectivity index (χ1v) is 21.3. The molecule has 0 saturated carbocycles. The Balaban J connectivity index is 0.739. The average molecular weight is 838 g/mol. The van der Waals surface area contributed by atoms with Crippen LogP contribution in [0.3, 0.4) is 0 Å². The zero-order valence-electron chi connectivity index (χ0n) is 33.6. The lowest BCUT2D eigenvalue weighted by Gasteiger charge is -2.55. The van der Waals surface area contributed by atoms with Crippen LogP contribution in [0.15, 0.2) is 66.7 Å². The van der Waals surface area contributed by atoms with Crippen molar-refractivity contribution >= 4 is 29.1 Å². The third-order valence-electron chi connectivity index (χ3n) is 14.2. The molecule has 0 aliphatic carbocycles. The fourth-order valence-corrected chi connectivity index (χ4v) is 10.9. The van der Waals surface area contributed by atoms with Crippen LogP contribution in [-0.2, 0) is 16.1 Å². The lowest BCUT2D eigenvalue weighted by molar-refractivity contribution is -0.136. The molecular weight excluding hydrogens is 791 g/mol. The number of carbonyl (C=O) groups excluding carboxylic acids is 3. The normalized spacial score (nSPS) is 24.0. The first-order valence-electron chi connectivity index (χ1n) is 21.3. The second-order valence-electron chi connectivity index (χ2n) is 17.9. The van der Waals surface area contributed by atoms with Gasteiger partial charge < -0.3 is 29.4 Å². The minimum atomic E-state index is -1.03. The summed E-state index contributed by atoms with van der Waals surface area (Å²) in [6.45, 7) is 6.14. The van der Waals surface area contributed by atoms with Gasteiger partial charge in [0.1, 0.15) is 34.9 Å². The molecule has 3 atom stereocenters. The van der Waals surface area contributed by atoms with Crippen molar-refractivity contribution in [2.45, 2.75) is 62.9 Å². The number of phenolic OH excluding ortho intramolecular Hbond substituents is 1. The van der Waals surface area contributed by atoms with Crippen LogP contribution >= 0.6 is 0 Å². The zero-order chi connectivity index (χ0) is 42.2. The number of amides is 3. The highest BCUT2D eigenvalue weighted by atomic mass is 19.2. The number of halogens is 4. The summed E-state index contributed by atoms with van der Waals surface area (Å²) >= 11 is 0. The van der Waals surface area contributed by atoms with E-state index in [2.05, 4.69) is 21.2 Å². The number of phenols is 1. The minimum Gasteiger partial charge on any atom is -0.508 e.